The highest BCUT2D eigenvalue weighted by atomic mass is 16.2. The molecule has 0 aromatic heterocycles. The Labute approximate surface area is 103 Å². The molecule has 17 heavy (non-hydrogen) atoms. The van der Waals surface area contributed by atoms with E-state index in [1.807, 2.05) is 19.1 Å². The van der Waals surface area contributed by atoms with Gasteiger partial charge in [0, 0.05) is 11.7 Å². The zero-order chi connectivity index (χ0) is 11.8. The number of carbonyl (C=O) groups excluding carboxylic acids is 1. The zero-order valence-electron chi connectivity index (χ0n) is 10.4. The molecule has 1 saturated carbocycles. The van der Waals surface area contributed by atoms with Crippen LogP contribution in [0.15, 0.2) is 24.3 Å². The van der Waals surface area contributed by atoms with Crippen LogP contribution in [0.25, 0.3) is 0 Å². The monoisotopic (exact) mass is 229 g/mol. The Morgan fingerprint density at radius 1 is 1.12 bits per heavy atom. The second-order valence-corrected chi connectivity index (χ2v) is 5.28. The number of fused-ring (bicyclic) bond motifs is 1. The molecule has 0 bridgehead atoms. The molecule has 1 aromatic carbocycles. The molecule has 0 radical (unpaired) electrons. The van der Waals surface area contributed by atoms with Crippen molar-refractivity contribution in [3.63, 3.8) is 0 Å². The average Bonchev–Trinajstić information content (AvgIpc) is 2.64. The topological polar surface area (TPSA) is 20.3 Å². The van der Waals surface area contributed by atoms with Crippen LogP contribution in [0.3, 0.4) is 0 Å². The summed E-state index contributed by atoms with van der Waals surface area (Å²) < 4.78 is 0. The molecule has 1 atom stereocenters. The maximum atomic E-state index is 12.4. The van der Waals surface area contributed by atoms with Crippen molar-refractivity contribution in [3.05, 3.63) is 29.8 Å². The Morgan fingerprint density at radius 2 is 1.82 bits per heavy atom. The first-order valence-corrected chi connectivity index (χ1v) is 6.71. The van der Waals surface area contributed by atoms with E-state index in [2.05, 4.69) is 17.0 Å². The van der Waals surface area contributed by atoms with Crippen LogP contribution < -0.4 is 4.90 Å². The summed E-state index contributed by atoms with van der Waals surface area (Å²) in [4.78, 5) is 14.5. The van der Waals surface area contributed by atoms with Gasteiger partial charge in [-0.05, 0) is 31.4 Å². The fourth-order valence-corrected chi connectivity index (χ4v) is 3.25. The normalized spacial score (nSPS) is 25.1. The lowest BCUT2D eigenvalue weighted by Crippen LogP contribution is -2.39. The molecule has 2 heteroatoms. The third-order valence-corrected chi connectivity index (χ3v) is 4.21. The van der Waals surface area contributed by atoms with Crippen LogP contribution in [0.5, 0.6) is 0 Å². The van der Waals surface area contributed by atoms with Crippen LogP contribution in [0, 0.1) is 0 Å². The van der Waals surface area contributed by atoms with Crippen LogP contribution >= 0.6 is 0 Å². The number of amides is 1. The van der Waals surface area contributed by atoms with Crippen molar-refractivity contribution in [2.45, 2.75) is 51.0 Å². The molecule has 2 nitrogen and oxygen atoms in total. The van der Waals surface area contributed by atoms with Crippen LogP contribution in [0.2, 0.25) is 0 Å². The molecule has 0 saturated heterocycles. The summed E-state index contributed by atoms with van der Waals surface area (Å²) in [5.41, 5.74) is 2.37. The maximum Gasteiger partial charge on any atom is 0.234 e. The zero-order valence-corrected chi connectivity index (χ0v) is 10.4. The quantitative estimate of drug-likeness (QED) is 0.722. The SMILES string of the molecule is C[C@@H]1C(=O)N(C2CCCCC2)c2ccccc21. The molecule has 1 fully saturated rings. The first kappa shape index (κ1) is 10.8. The summed E-state index contributed by atoms with van der Waals surface area (Å²) in [5, 5.41) is 0. The largest absolute Gasteiger partial charge is 0.309 e. The Hall–Kier alpha value is -1.31. The van der Waals surface area contributed by atoms with Crippen molar-refractivity contribution < 1.29 is 4.79 Å². The van der Waals surface area contributed by atoms with Crippen LogP contribution in [0.1, 0.15) is 50.5 Å². The first-order valence-electron chi connectivity index (χ1n) is 6.71. The lowest BCUT2D eigenvalue weighted by molar-refractivity contribution is -0.119. The molecule has 1 amide bonds. The van der Waals surface area contributed by atoms with E-state index in [-0.39, 0.29) is 5.92 Å². The number of hydrogen-bond donors (Lipinski definition) is 0. The number of rotatable bonds is 1. The molecule has 0 spiro atoms. The smallest absolute Gasteiger partial charge is 0.234 e. The maximum absolute atomic E-state index is 12.4. The second kappa shape index (κ2) is 4.17. The van der Waals surface area contributed by atoms with Crippen molar-refractivity contribution in [2.75, 3.05) is 4.90 Å². The van der Waals surface area contributed by atoms with E-state index in [1.165, 1.54) is 37.7 Å². The number of benzene rings is 1. The summed E-state index contributed by atoms with van der Waals surface area (Å²) in [6.07, 6.45) is 6.21. The predicted molar refractivity (Wildman–Crippen MR) is 69.2 cm³/mol. The Balaban J connectivity index is 1.97. The molecular weight excluding hydrogens is 210 g/mol. The van der Waals surface area contributed by atoms with Gasteiger partial charge in [-0.25, -0.2) is 0 Å². The molecule has 1 aliphatic heterocycles. The van der Waals surface area contributed by atoms with Crippen molar-refractivity contribution in [1.29, 1.82) is 0 Å². The van der Waals surface area contributed by atoms with Gasteiger partial charge >= 0.3 is 0 Å². The van der Waals surface area contributed by atoms with Crippen molar-refractivity contribution in [1.82, 2.24) is 0 Å². The van der Waals surface area contributed by atoms with E-state index in [4.69, 9.17) is 0 Å². The number of hydrogen-bond acceptors (Lipinski definition) is 1. The number of nitrogens with zero attached hydrogens (tertiary/aromatic N) is 1. The number of carbonyl (C=O) groups is 1. The summed E-state index contributed by atoms with van der Waals surface area (Å²) in [6, 6.07) is 8.72. The molecule has 90 valence electrons. The average molecular weight is 229 g/mol. The predicted octanol–water partition coefficient (Wildman–Crippen LogP) is 3.47. The van der Waals surface area contributed by atoms with Gasteiger partial charge in [0.1, 0.15) is 0 Å². The van der Waals surface area contributed by atoms with Crippen molar-refractivity contribution in [2.24, 2.45) is 0 Å². The van der Waals surface area contributed by atoms with E-state index >= 15 is 0 Å². The standard InChI is InChI=1S/C15H19NO/c1-11-13-9-5-6-10-14(13)16(15(11)17)12-7-3-2-4-8-12/h5-6,9-12H,2-4,7-8H2,1H3/t11-/m0/s1. The molecule has 0 unspecified atom stereocenters. The molecule has 1 heterocycles. The van der Waals surface area contributed by atoms with E-state index in [0.29, 0.717) is 11.9 Å². The van der Waals surface area contributed by atoms with Crippen LogP contribution in [-0.2, 0) is 4.79 Å². The third-order valence-electron chi connectivity index (χ3n) is 4.21. The van der Waals surface area contributed by atoms with Crippen molar-refractivity contribution >= 4 is 11.6 Å². The van der Waals surface area contributed by atoms with Crippen LogP contribution in [-0.4, -0.2) is 11.9 Å². The number of para-hydroxylation sites is 1. The summed E-state index contributed by atoms with van der Waals surface area (Å²) in [5.74, 6) is 0.353. The van der Waals surface area contributed by atoms with Gasteiger partial charge in [0.15, 0.2) is 0 Å². The molecule has 0 N–H and O–H groups in total. The van der Waals surface area contributed by atoms with Gasteiger partial charge in [-0.3, -0.25) is 4.79 Å². The minimum Gasteiger partial charge on any atom is -0.309 e. The van der Waals surface area contributed by atoms with E-state index in [9.17, 15) is 4.79 Å². The van der Waals surface area contributed by atoms with Gasteiger partial charge in [0.25, 0.3) is 0 Å². The summed E-state index contributed by atoms with van der Waals surface area (Å²) in [6.45, 7) is 2.03. The summed E-state index contributed by atoms with van der Waals surface area (Å²) >= 11 is 0. The molecular formula is C15H19NO. The second-order valence-electron chi connectivity index (χ2n) is 5.28. The minimum absolute atomic E-state index is 0.0492. The van der Waals surface area contributed by atoms with Crippen molar-refractivity contribution in [3.8, 4) is 0 Å². The molecule has 1 aliphatic carbocycles. The van der Waals surface area contributed by atoms with E-state index in [0.717, 1.165) is 5.69 Å². The van der Waals surface area contributed by atoms with Gasteiger partial charge in [-0.1, -0.05) is 37.5 Å². The number of anilines is 1. The Morgan fingerprint density at radius 3 is 2.59 bits per heavy atom. The Bertz CT molecular complexity index is 434. The fourth-order valence-electron chi connectivity index (χ4n) is 3.25. The lowest BCUT2D eigenvalue weighted by Gasteiger charge is -2.31. The highest BCUT2D eigenvalue weighted by Crippen LogP contribution is 2.40. The van der Waals surface area contributed by atoms with Gasteiger partial charge < -0.3 is 4.90 Å². The van der Waals surface area contributed by atoms with E-state index < -0.39 is 0 Å². The molecule has 1 aromatic rings. The first-order chi connectivity index (χ1) is 8.29. The van der Waals surface area contributed by atoms with E-state index in [1.54, 1.807) is 0 Å². The molecule has 2 aliphatic rings. The van der Waals surface area contributed by atoms with Crippen LogP contribution in [0.4, 0.5) is 5.69 Å². The third kappa shape index (κ3) is 1.67. The Kier molecular flexibility index (Phi) is 2.65. The lowest BCUT2D eigenvalue weighted by atomic mass is 9.94. The van der Waals surface area contributed by atoms with Gasteiger partial charge in [-0.2, -0.15) is 0 Å². The van der Waals surface area contributed by atoms with Gasteiger partial charge in [0.2, 0.25) is 5.91 Å². The highest BCUT2D eigenvalue weighted by molar-refractivity contribution is 6.05. The fraction of sp³-hybridized carbons (Fsp3) is 0.533. The highest BCUT2D eigenvalue weighted by Gasteiger charge is 2.38. The molecule has 3 rings (SSSR count). The van der Waals surface area contributed by atoms with Gasteiger partial charge in [-0.15, -0.1) is 0 Å². The van der Waals surface area contributed by atoms with Gasteiger partial charge in [0.05, 0.1) is 5.92 Å². The minimum atomic E-state index is 0.0492. The summed E-state index contributed by atoms with van der Waals surface area (Å²) in [7, 11) is 0.